The van der Waals surface area contributed by atoms with Gasteiger partial charge < -0.3 is 4.74 Å². The van der Waals surface area contributed by atoms with Gasteiger partial charge in [-0.1, -0.05) is 26.2 Å². The van der Waals surface area contributed by atoms with Crippen LogP contribution in [0.4, 0.5) is 0 Å². The molecule has 2 fully saturated rings. The van der Waals surface area contributed by atoms with Crippen LogP contribution in [0.15, 0.2) is 0 Å². The summed E-state index contributed by atoms with van der Waals surface area (Å²) in [6.07, 6.45) is 8.76. The normalized spacial score (nSPS) is 45.9. The molecule has 1 saturated heterocycles. The van der Waals surface area contributed by atoms with Crippen LogP contribution in [0, 0.1) is 0 Å². The Morgan fingerprint density at radius 1 is 1.40 bits per heavy atom. The predicted octanol–water partition coefficient (Wildman–Crippen LogP) is 2.50. The number of rotatable bonds is 1. The first-order valence-electron chi connectivity index (χ1n) is 4.55. The van der Waals surface area contributed by atoms with Crippen LogP contribution in [-0.4, -0.2) is 11.7 Å². The predicted molar refractivity (Wildman–Crippen MR) is 41.0 cm³/mol. The van der Waals surface area contributed by atoms with Gasteiger partial charge in [0.2, 0.25) is 0 Å². The molecule has 10 heavy (non-hydrogen) atoms. The van der Waals surface area contributed by atoms with E-state index in [1.165, 1.54) is 38.5 Å². The fourth-order valence-corrected chi connectivity index (χ4v) is 2.21. The third kappa shape index (κ3) is 0.878. The van der Waals surface area contributed by atoms with Gasteiger partial charge in [-0.05, 0) is 19.3 Å². The first-order valence-corrected chi connectivity index (χ1v) is 4.55. The van der Waals surface area contributed by atoms with Gasteiger partial charge in [-0.2, -0.15) is 0 Å². The van der Waals surface area contributed by atoms with Crippen LogP contribution in [0.3, 0.4) is 0 Å². The van der Waals surface area contributed by atoms with Gasteiger partial charge in [-0.3, -0.25) is 0 Å². The molecule has 0 unspecified atom stereocenters. The van der Waals surface area contributed by atoms with Crippen molar-refractivity contribution in [1.29, 1.82) is 0 Å². The second-order valence-electron chi connectivity index (χ2n) is 3.62. The maximum Gasteiger partial charge on any atom is 0.0945 e. The minimum absolute atomic E-state index is 0.372. The smallest absolute Gasteiger partial charge is 0.0945 e. The average molecular weight is 140 g/mol. The highest BCUT2D eigenvalue weighted by molar-refractivity contribution is 5.02. The average Bonchev–Trinajstić information content (AvgIpc) is 2.59. The van der Waals surface area contributed by atoms with E-state index in [0.717, 1.165) is 0 Å². The zero-order valence-electron chi connectivity index (χ0n) is 6.73. The standard InChI is InChI=1S/C9H16O/c1-2-9-7-5-3-4-6-8(9)10-9/h8H,2-7H2,1H3/t8-,9-/m1/s1. The van der Waals surface area contributed by atoms with Crippen LogP contribution in [0.1, 0.15) is 45.4 Å². The van der Waals surface area contributed by atoms with E-state index in [1.54, 1.807) is 0 Å². The maximum absolute atomic E-state index is 5.69. The van der Waals surface area contributed by atoms with Gasteiger partial charge in [0.05, 0.1) is 11.7 Å². The zero-order chi connectivity index (χ0) is 7.03. The summed E-state index contributed by atoms with van der Waals surface area (Å²) in [5, 5.41) is 0. The van der Waals surface area contributed by atoms with Crippen molar-refractivity contribution in [2.24, 2.45) is 0 Å². The Balaban J connectivity index is 1.99. The van der Waals surface area contributed by atoms with Crippen molar-refractivity contribution < 1.29 is 4.74 Å². The summed E-state index contributed by atoms with van der Waals surface area (Å²) in [4.78, 5) is 0. The number of hydrogen-bond donors (Lipinski definition) is 0. The summed E-state index contributed by atoms with van der Waals surface area (Å²) in [7, 11) is 0. The van der Waals surface area contributed by atoms with Crippen LogP contribution in [0.25, 0.3) is 0 Å². The zero-order valence-corrected chi connectivity index (χ0v) is 6.73. The van der Waals surface area contributed by atoms with E-state index in [4.69, 9.17) is 4.74 Å². The monoisotopic (exact) mass is 140 g/mol. The van der Waals surface area contributed by atoms with E-state index in [9.17, 15) is 0 Å². The highest BCUT2D eigenvalue weighted by atomic mass is 16.6. The topological polar surface area (TPSA) is 12.5 Å². The Hall–Kier alpha value is -0.0400. The third-order valence-corrected chi connectivity index (χ3v) is 3.07. The molecule has 1 saturated carbocycles. The van der Waals surface area contributed by atoms with Gasteiger partial charge in [0.15, 0.2) is 0 Å². The van der Waals surface area contributed by atoms with Crippen molar-refractivity contribution in [1.82, 2.24) is 0 Å². The Morgan fingerprint density at radius 2 is 2.30 bits per heavy atom. The summed E-state index contributed by atoms with van der Waals surface area (Å²) < 4.78 is 5.69. The molecule has 1 nitrogen and oxygen atoms in total. The number of ether oxygens (including phenoxy) is 1. The molecule has 0 aromatic rings. The first-order chi connectivity index (χ1) is 4.87. The van der Waals surface area contributed by atoms with Crippen molar-refractivity contribution in [2.75, 3.05) is 0 Å². The molecular formula is C9H16O. The second kappa shape index (κ2) is 2.23. The minimum atomic E-state index is 0.372. The molecule has 1 aliphatic carbocycles. The largest absolute Gasteiger partial charge is 0.366 e. The lowest BCUT2D eigenvalue weighted by molar-refractivity contribution is 0.257. The lowest BCUT2D eigenvalue weighted by Crippen LogP contribution is -2.11. The van der Waals surface area contributed by atoms with E-state index in [1.807, 2.05) is 0 Å². The molecule has 0 bridgehead atoms. The molecule has 2 aliphatic rings. The highest BCUT2D eigenvalue weighted by Gasteiger charge is 2.54. The molecule has 0 aromatic heterocycles. The summed E-state index contributed by atoms with van der Waals surface area (Å²) >= 11 is 0. The molecule has 2 atom stereocenters. The Morgan fingerprint density at radius 3 is 3.10 bits per heavy atom. The van der Waals surface area contributed by atoms with Crippen LogP contribution in [0.2, 0.25) is 0 Å². The molecule has 2 rings (SSSR count). The summed E-state index contributed by atoms with van der Waals surface area (Å²) in [6, 6.07) is 0. The van der Waals surface area contributed by atoms with E-state index >= 15 is 0 Å². The van der Waals surface area contributed by atoms with Crippen molar-refractivity contribution in [3.63, 3.8) is 0 Å². The van der Waals surface area contributed by atoms with Crippen molar-refractivity contribution in [3.8, 4) is 0 Å². The molecule has 0 radical (unpaired) electrons. The van der Waals surface area contributed by atoms with Gasteiger partial charge in [-0.25, -0.2) is 0 Å². The van der Waals surface area contributed by atoms with Gasteiger partial charge >= 0.3 is 0 Å². The van der Waals surface area contributed by atoms with E-state index < -0.39 is 0 Å². The lowest BCUT2D eigenvalue weighted by Gasteiger charge is -2.05. The number of fused-ring (bicyclic) bond motifs is 1. The molecule has 0 aromatic carbocycles. The molecule has 1 aliphatic heterocycles. The van der Waals surface area contributed by atoms with E-state index in [2.05, 4.69) is 6.92 Å². The van der Waals surface area contributed by atoms with Crippen molar-refractivity contribution in [2.45, 2.75) is 57.2 Å². The van der Waals surface area contributed by atoms with Gasteiger partial charge in [0.25, 0.3) is 0 Å². The fraction of sp³-hybridized carbons (Fsp3) is 1.00. The Bertz CT molecular complexity index is 131. The fourth-order valence-electron chi connectivity index (χ4n) is 2.21. The van der Waals surface area contributed by atoms with E-state index in [-0.39, 0.29) is 0 Å². The molecular weight excluding hydrogens is 124 g/mol. The van der Waals surface area contributed by atoms with Crippen molar-refractivity contribution in [3.05, 3.63) is 0 Å². The SMILES string of the molecule is CC[C@@]12CCCCC[C@H]1O2. The van der Waals surface area contributed by atoms with Crippen LogP contribution in [0.5, 0.6) is 0 Å². The third-order valence-electron chi connectivity index (χ3n) is 3.07. The quantitative estimate of drug-likeness (QED) is 0.510. The Labute approximate surface area is 62.8 Å². The van der Waals surface area contributed by atoms with Crippen molar-refractivity contribution >= 4 is 0 Å². The van der Waals surface area contributed by atoms with Crippen LogP contribution in [-0.2, 0) is 4.74 Å². The number of hydrogen-bond acceptors (Lipinski definition) is 1. The summed E-state index contributed by atoms with van der Waals surface area (Å²) in [5.74, 6) is 0. The summed E-state index contributed by atoms with van der Waals surface area (Å²) in [5.41, 5.74) is 0.372. The maximum atomic E-state index is 5.69. The molecule has 58 valence electrons. The van der Waals surface area contributed by atoms with E-state index in [0.29, 0.717) is 11.7 Å². The molecule has 1 heterocycles. The van der Waals surface area contributed by atoms with Crippen LogP contribution < -0.4 is 0 Å². The van der Waals surface area contributed by atoms with Gasteiger partial charge in [0.1, 0.15) is 0 Å². The lowest BCUT2D eigenvalue weighted by atomic mass is 9.97. The minimum Gasteiger partial charge on any atom is -0.366 e. The van der Waals surface area contributed by atoms with Gasteiger partial charge in [-0.15, -0.1) is 0 Å². The Kier molecular flexibility index (Phi) is 1.48. The molecule has 1 heteroatoms. The summed E-state index contributed by atoms with van der Waals surface area (Å²) in [6.45, 7) is 2.26. The first kappa shape index (κ1) is 6.66. The number of epoxide rings is 1. The molecule has 0 N–H and O–H groups in total. The molecule has 0 amide bonds. The van der Waals surface area contributed by atoms with Crippen LogP contribution >= 0.6 is 0 Å². The van der Waals surface area contributed by atoms with Gasteiger partial charge in [0, 0.05) is 0 Å². The highest BCUT2D eigenvalue weighted by Crippen LogP contribution is 2.48. The molecule has 0 spiro atoms. The second-order valence-corrected chi connectivity index (χ2v) is 3.62.